The number of rotatable bonds is 7. The summed E-state index contributed by atoms with van der Waals surface area (Å²) < 4.78 is 8.70. The molecule has 1 aromatic heterocycles. The Morgan fingerprint density at radius 3 is 2.48 bits per heavy atom. The highest BCUT2D eigenvalue weighted by Crippen LogP contribution is 2.28. The summed E-state index contributed by atoms with van der Waals surface area (Å²) in [5, 5.41) is 5.09. The summed E-state index contributed by atoms with van der Waals surface area (Å²) in [6.07, 6.45) is 2.13. The number of carbonyl (C=O) groups excluding carboxylic acids is 1. The predicted molar refractivity (Wildman–Crippen MR) is 134 cm³/mol. The summed E-state index contributed by atoms with van der Waals surface area (Å²) in [5.41, 5.74) is 4.04. The standard InChI is InChI=1S/C25H28BrClN4O2/c1-3-31-16-21(18(2)28-31)15-29-10-12-30(13-11-29)25(32)20-6-4-19(5-7-20)17-33-24-9-8-22(26)14-23(24)27/h4-9,14,16H,3,10-13,15,17H2,1-2H3. The number of nitrogens with zero attached hydrogens (tertiary/aromatic N) is 4. The fourth-order valence-corrected chi connectivity index (χ4v) is 4.63. The van der Waals surface area contributed by atoms with E-state index in [4.69, 9.17) is 16.3 Å². The van der Waals surface area contributed by atoms with Crippen molar-refractivity contribution in [1.29, 1.82) is 0 Å². The van der Waals surface area contributed by atoms with E-state index >= 15 is 0 Å². The zero-order valence-corrected chi connectivity index (χ0v) is 21.3. The van der Waals surface area contributed by atoms with E-state index in [1.807, 2.05) is 46.0 Å². The van der Waals surface area contributed by atoms with Crippen LogP contribution in [0.3, 0.4) is 0 Å². The minimum Gasteiger partial charge on any atom is -0.487 e. The van der Waals surface area contributed by atoms with Gasteiger partial charge < -0.3 is 9.64 Å². The maximum Gasteiger partial charge on any atom is 0.253 e. The molecule has 1 amide bonds. The van der Waals surface area contributed by atoms with Crippen LogP contribution < -0.4 is 4.74 Å². The number of aryl methyl sites for hydroxylation is 2. The fraction of sp³-hybridized carbons (Fsp3) is 0.360. The zero-order chi connectivity index (χ0) is 23.4. The van der Waals surface area contributed by atoms with Crippen LogP contribution in [0.5, 0.6) is 5.75 Å². The molecule has 174 valence electrons. The van der Waals surface area contributed by atoms with Crippen LogP contribution in [0.15, 0.2) is 53.1 Å². The number of ether oxygens (including phenoxy) is 1. The Balaban J connectivity index is 1.28. The topological polar surface area (TPSA) is 50.6 Å². The maximum absolute atomic E-state index is 13.0. The van der Waals surface area contributed by atoms with Crippen molar-refractivity contribution in [3.05, 3.63) is 80.5 Å². The van der Waals surface area contributed by atoms with Gasteiger partial charge in [-0.3, -0.25) is 14.4 Å². The van der Waals surface area contributed by atoms with Crippen LogP contribution in [-0.4, -0.2) is 51.7 Å². The van der Waals surface area contributed by atoms with Crippen molar-refractivity contribution in [2.45, 2.75) is 33.5 Å². The summed E-state index contributed by atoms with van der Waals surface area (Å²) in [6, 6.07) is 13.1. The van der Waals surface area contributed by atoms with Gasteiger partial charge in [-0.1, -0.05) is 39.7 Å². The Morgan fingerprint density at radius 2 is 1.85 bits per heavy atom. The normalized spacial score (nSPS) is 14.5. The molecule has 0 unspecified atom stereocenters. The lowest BCUT2D eigenvalue weighted by Gasteiger charge is -2.34. The van der Waals surface area contributed by atoms with E-state index in [0.29, 0.717) is 22.9 Å². The Labute approximate surface area is 208 Å². The lowest BCUT2D eigenvalue weighted by molar-refractivity contribution is 0.0628. The number of amides is 1. The average molecular weight is 532 g/mol. The first-order valence-corrected chi connectivity index (χ1v) is 12.3. The van der Waals surface area contributed by atoms with Gasteiger partial charge >= 0.3 is 0 Å². The van der Waals surface area contributed by atoms with Gasteiger partial charge in [0, 0.05) is 61.1 Å². The molecule has 0 spiro atoms. The first kappa shape index (κ1) is 23.8. The first-order valence-electron chi connectivity index (χ1n) is 11.1. The molecule has 2 aromatic carbocycles. The van der Waals surface area contributed by atoms with Gasteiger partial charge in [0.05, 0.1) is 10.7 Å². The first-order chi connectivity index (χ1) is 15.9. The summed E-state index contributed by atoms with van der Waals surface area (Å²) in [4.78, 5) is 17.3. The second kappa shape index (κ2) is 10.7. The molecule has 33 heavy (non-hydrogen) atoms. The van der Waals surface area contributed by atoms with Crippen LogP contribution in [-0.2, 0) is 19.7 Å². The zero-order valence-electron chi connectivity index (χ0n) is 18.9. The highest BCUT2D eigenvalue weighted by molar-refractivity contribution is 9.10. The Bertz CT molecular complexity index is 1110. The number of carbonyl (C=O) groups is 1. The van der Waals surface area contributed by atoms with Crippen LogP contribution >= 0.6 is 27.5 Å². The summed E-state index contributed by atoms with van der Waals surface area (Å²) >= 11 is 9.60. The van der Waals surface area contributed by atoms with Crippen molar-refractivity contribution in [3.63, 3.8) is 0 Å². The number of aromatic nitrogens is 2. The van der Waals surface area contributed by atoms with Crippen LogP contribution in [0.2, 0.25) is 5.02 Å². The van der Waals surface area contributed by atoms with Crippen molar-refractivity contribution in [3.8, 4) is 5.75 Å². The van der Waals surface area contributed by atoms with E-state index in [2.05, 4.69) is 46.0 Å². The van der Waals surface area contributed by atoms with Crippen molar-refractivity contribution >= 4 is 33.4 Å². The monoisotopic (exact) mass is 530 g/mol. The van der Waals surface area contributed by atoms with Crippen molar-refractivity contribution in [2.75, 3.05) is 26.2 Å². The summed E-state index contributed by atoms with van der Waals surface area (Å²) in [6.45, 7) is 9.49. The van der Waals surface area contributed by atoms with E-state index < -0.39 is 0 Å². The molecular weight excluding hydrogens is 504 g/mol. The third-order valence-corrected chi connectivity index (χ3v) is 6.70. The second-order valence-electron chi connectivity index (χ2n) is 8.22. The molecule has 0 bridgehead atoms. The lowest BCUT2D eigenvalue weighted by Crippen LogP contribution is -2.48. The van der Waals surface area contributed by atoms with Crippen molar-refractivity contribution in [2.24, 2.45) is 0 Å². The van der Waals surface area contributed by atoms with Gasteiger partial charge in [0.15, 0.2) is 0 Å². The SMILES string of the molecule is CCn1cc(CN2CCN(C(=O)c3ccc(COc4ccc(Br)cc4Cl)cc3)CC2)c(C)n1. The highest BCUT2D eigenvalue weighted by Gasteiger charge is 2.23. The second-order valence-corrected chi connectivity index (χ2v) is 9.55. The molecule has 3 aromatic rings. The quantitative estimate of drug-likeness (QED) is 0.422. The number of hydrogen-bond acceptors (Lipinski definition) is 4. The van der Waals surface area contributed by atoms with Crippen molar-refractivity contribution in [1.82, 2.24) is 19.6 Å². The van der Waals surface area contributed by atoms with Crippen LogP contribution in [0.4, 0.5) is 0 Å². The molecule has 1 aliphatic rings. The van der Waals surface area contributed by atoms with Gasteiger partial charge in [-0.15, -0.1) is 0 Å². The minimum atomic E-state index is 0.0769. The average Bonchev–Trinajstić information content (AvgIpc) is 3.18. The largest absolute Gasteiger partial charge is 0.487 e. The van der Waals surface area contributed by atoms with Gasteiger partial charge in [-0.05, 0) is 49.7 Å². The molecule has 0 N–H and O–H groups in total. The molecule has 6 nitrogen and oxygen atoms in total. The molecule has 1 fully saturated rings. The van der Waals surface area contributed by atoms with E-state index in [0.717, 1.165) is 55.0 Å². The Kier molecular flexibility index (Phi) is 7.73. The molecule has 0 radical (unpaired) electrons. The van der Waals surface area contributed by atoms with E-state index in [1.165, 1.54) is 5.56 Å². The number of halogens is 2. The Hall–Kier alpha value is -2.35. The van der Waals surface area contributed by atoms with E-state index in [1.54, 1.807) is 6.07 Å². The third-order valence-electron chi connectivity index (χ3n) is 5.91. The number of piperazine rings is 1. The highest BCUT2D eigenvalue weighted by atomic mass is 79.9. The third kappa shape index (κ3) is 5.96. The molecule has 8 heteroatoms. The van der Waals surface area contributed by atoms with Crippen LogP contribution in [0, 0.1) is 6.92 Å². The molecule has 4 rings (SSSR count). The molecule has 1 aliphatic heterocycles. The van der Waals surface area contributed by atoms with Crippen LogP contribution in [0.1, 0.15) is 34.1 Å². The molecule has 0 saturated carbocycles. The van der Waals surface area contributed by atoms with E-state index in [9.17, 15) is 4.79 Å². The molecule has 0 aliphatic carbocycles. The molecule has 2 heterocycles. The van der Waals surface area contributed by atoms with Gasteiger partial charge in [0.1, 0.15) is 12.4 Å². The number of hydrogen-bond donors (Lipinski definition) is 0. The summed E-state index contributed by atoms with van der Waals surface area (Å²) in [7, 11) is 0. The van der Waals surface area contributed by atoms with Gasteiger partial charge in [0.2, 0.25) is 0 Å². The van der Waals surface area contributed by atoms with Crippen LogP contribution in [0.25, 0.3) is 0 Å². The van der Waals surface area contributed by atoms with E-state index in [-0.39, 0.29) is 5.91 Å². The smallest absolute Gasteiger partial charge is 0.253 e. The van der Waals surface area contributed by atoms with Gasteiger partial charge in [-0.25, -0.2) is 0 Å². The predicted octanol–water partition coefficient (Wildman–Crippen LogP) is 5.16. The molecule has 1 saturated heterocycles. The Morgan fingerprint density at radius 1 is 1.12 bits per heavy atom. The lowest BCUT2D eigenvalue weighted by atomic mass is 10.1. The summed E-state index contributed by atoms with van der Waals surface area (Å²) in [5.74, 6) is 0.711. The fourth-order valence-electron chi connectivity index (χ4n) is 3.91. The van der Waals surface area contributed by atoms with Crippen molar-refractivity contribution < 1.29 is 9.53 Å². The van der Waals surface area contributed by atoms with Gasteiger partial charge in [0.25, 0.3) is 5.91 Å². The number of benzene rings is 2. The maximum atomic E-state index is 13.0. The van der Waals surface area contributed by atoms with Gasteiger partial charge in [-0.2, -0.15) is 5.10 Å². The molecular formula is C25H28BrClN4O2. The molecule has 0 atom stereocenters. The minimum absolute atomic E-state index is 0.0769.